The first-order valence-corrected chi connectivity index (χ1v) is 9.05. The number of hydrogen-bond donors (Lipinski definition) is 2. The Balaban J connectivity index is 1.94. The van der Waals surface area contributed by atoms with Gasteiger partial charge in [-0.25, -0.2) is 0 Å². The lowest BCUT2D eigenvalue weighted by Crippen LogP contribution is -2.43. The summed E-state index contributed by atoms with van der Waals surface area (Å²) in [5, 5.41) is 10.4. The molecule has 27 heavy (non-hydrogen) atoms. The van der Waals surface area contributed by atoms with Crippen molar-refractivity contribution in [3.63, 3.8) is 0 Å². The number of carbonyl (C=O) groups excluding carboxylic acids is 2. The van der Waals surface area contributed by atoms with Crippen LogP contribution in [0.3, 0.4) is 0 Å². The summed E-state index contributed by atoms with van der Waals surface area (Å²) in [5.41, 5.74) is 6.81. The second-order valence-corrected chi connectivity index (χ2v) is 7.49. The third-order valence-corrected chi connectivity index (χ3v) is 4.96. The van der Waals surface area contributed by atoms with Crippen molar-refractivity contribution in [1.29, 1.82) is 0 Å². The van der Waals surface area contributed by atoms with Crippen LogP contribution in [0, 0.1) is 0 Å². The van der Waals surface area contributed by atoms with Crippen LogP contribution in [-0.4, -0.2) is 54.9 Å². The Kier molecular flexibility index (Phi) is 4.93. The van der Waals surface area contributed by atoms with Gasteiger partial charge in [0.25, 0.3) is 0 Å². The van der Waals surface area contributed by atoms with Crippen molar-refractivity contribution < 1.29 is 23.9 Å². The van der Waals surface area contributed by atoms with E-state index in [1.165, 1.54) is 6.07 Å². The number of benzene rings is 2. The van der Waals surface area contributed by atoms with Crippen molar-refractivity contribution in [1.82, 2.24) is 0 Å². The molecular formula is C21H25N2O4+. The maximum atomic E-state index is 12.9. The van der Waals surface area contributed by atoms with Crippen molar-refractivity contribution in [3.05, 3.63) is 52.6 Å². The third kappa shape index (κ3) is 3.40. The molecular weight excluding hydrogens is 344 g/mol. The zero-order valence-corrected chi connectivity index (χ0v) is 15.9. The number of phenols is 1. The average molecular weight is 369 g/mol. The molecule has 0 fully saturated rings. The first kappa shape index (κ1) is 18.9. The summed E-state index contributed by atoms with van der Waals surface area (Å²) >= 11 is 0. The van der Waals surface area contributed by atoms with Gasteiger partial charge in [-0.05, 0) is 6.42 Å². The number of likely N-dealkylation sites (N-methyl/N-ethyl adjacent to an activating group) is 1. The van der Waals surface area contributed by atoms with E-state index in [9.17, 15) is 14.7 Å². The summed E-state index contributed by atoms with van der Waals surface area (Å²) in [5.74, 6) is -0.843. The number of rotatable bonds is 6. The molecule has 6 heteroatoms. The van der Waals surface area contributed by atoms with Crippen LogP contribution in [0.2, 0.25) is 0 Å². The predicted octanol–water partition coefficient (Wildman–Crippen LogP) is 2.62. The highest BCUT2D eigenvalue weighted by atomic mass is 16.5. The SMILES string of the molecule is CCC[N+](C)(C)CCOc1cc(O)c2c(c1N)C(=O)c1ccccc1C2=O. The molecule has 0 saturated carbocycles. The highest BCUT2D eigenvalue weighted by molar-refractivity contribution is 6.31. The summed E-state index contributed by atoms with van der Waals surface area (Å²) in [6.45, 7) is 4.27. The van der Waals surface area contributed by atoms with E-state index in [0.717, 1.165) is 24.0 Å². The molecule has 0 heterocycles. The monoisotopic (exact) mass is 369 g/mol. The van der Waals surface area contributed by atoms with Crippen molar-refractivity contribution in [2.45, 2.75) is 13.3 Å². The third-order valence-electron chi connectivity index (χ3n) is 4.96. The zero-order valence-electron chi connectivity index (χ0n) is 15.9. The van der Waals surface area contributed by atoms with Crippen LogP contribution in [0.15, 0.2) is 30.3 Å². The predicted molar refractivity (Wildman–Crippen MR) is 103 cm³/mol. The minimum atomic E-state index is -0.406. The topological polar surface area (TPSA) is 89.6 Å². The Morgan fingerprint density at radius 1 is 1.04 bits per heavy atom. The van der Waals surface area contributed by atoms with E-state index in [1.54, 1.807) is 24.3 Å². The molecule has 0 amide bonds. The number of fused-ring (bicyclic) bond motifs is 2. The van der Waals surface area contributed by atoms with Gasteiger partial charge in [0.05, 0.1) is 37.5 Å². The molecule has 0 aliphatic heterocycles. The number of nitrogen functional groups attached to an aromatic ring is 1. The Morgan fingerprint density at radius 3 is 2.22 bits per heavy atom. The van der Waals surface area contributed by atoms with Gasteiger partial charge in [0.2, 0.25) is 0 Å². The number of phenolic OH excluding ortho intramolecular Hbond substituents is 1. The summed E-state index contributed by atoms with van der Waals surface area (Å²) in [6.07, 6.45) is 1.06. The fourth-order valence-corrected chi connectivity index (χ4v) is 3.51. The van der Waals surface area contributed by atoms with E-state index in [4.69, 9.17) is 10.5 Å². The van der Waals surface area contributed by atoms with Gasteiger partial charge in [0.15, 0.2) is 11.6 Å². The Morgan fingerprint density at radius 2 is 1.63 bits per heavy atom. The van der Waals surface area contributed by atoms with Crippen LogP contribution in [0.25, 0.3) is 0 Å². The zero-order chi connectivity index (χ0) is 19.8. The molecule has 0 unspecified atom stereocenters. The Hall–Kier alpha value is -2.86. The van der Waals surface area contributed by atoms with Gasteiger partial charge < -0.3 is 20.1 Å². The number of aromatic hydroxyl groups is 1. The standard InChI is InChI=1S/C21H24N2O4/c1-4-9-23(2,3)10-11-27-16-12-15(24)17-18(19(16)22)21(26)14-8-6-5-7-13(14)20(17)25/h5-8,12H,4,9-11H2,1-3H3,(H2-,22,24,25,26)/p+1. The van der Waals surface area contributed by atoms with Crippen molar-refractivity contribution in [2.75, 3.05) is 39.5 Å². The van der Waals surface area contributed by atoms with E-state index in [0.29, 0.717) is 12.2 Å². The Labute approximate surface area is 158 Å². The van der Waals surface area contributed by atoms with Gasteiger partial charge in [-0.2, -0.15) is 0 Å². The normalized spacial score (nSPS) is 13.3. The second-order valence-electron chi connectivity index (χ2n) is 7.49. The number of nitrogens with zero attached hydrogens (tertiary/aromatic N) is 1. The van der Waals surface area contributed by atoms with Gasteiger partial charge in [-0.1, -0.05) is 31.2 Å². The fourth-order valence-electron chi connectivity index (χ4n) is 3.51. The van der Waals surface area contributed by atoms with Gasteiger partial charge in [-0.3, -0.25) is 9.59 Å². The summed E-state index contributed by atoms with van der Waals surface area (Å²) in [4.78, 5) is 25.6. The molecule has 1 aliphatic carbocycles. The molecule has 3 rings (SSSR count). The van der Waals surface area contributed by atoms with Gasteiger partial charge >= 0.3 is 0 Å². The summed E-state index contributed by atoms with van der Waals surface area (Å²) in [6, 6.07) is 7.87. The number of quaternary nitrogens is 1. The minimum Gasteiger partial charge on any atom is -0.507 e. The number of anilines is 1. The summed E-state index contributed by atoms with van der Waals surface area (Å²) in [7, 11) is 4.22. The first-order valence-electron chi connectivity index (χ1n) is 9.05. The van der Waals surface area contributed by atoms with Crippen LogP contribution in [0.4, 0.5) is 5.69 Å². The first-order chi connectivity index (χ1) is 12.8. The van der Waals surface area contributed by atoms with Crippen LogP contribution < -0.4 is 10.5 Å². The number of carbonyl (C=O) groups is 2. The molecule has 6 nitrogen and oxygen atoms in total. The number of ether oxygens (including phenoxy) is 1. The molecule has 0 bridgehead atoms. The van der Waals surface area contributed by atoms with Crippen LogP contribution in [0.1, 0.15) is 45.2 Å². The molecule has 0 radical (unpaired) electrons. The largest absolute Gasteiger partial charge is 0.507 e. The molecule has 1 aliphatic rings. The maximum absolute atomic E-state index is 12.9. The molecule has 0 atom stereocenters. The highest BCUT2D eigenvalue weighted by Crippen LogP contribution is 2.41. The Bertz CT molecular complexity index is 919. The van der Waals surface area contributed by atoms with Gasteiger partial charge in [0.1, 0.15) is 24.7 Å². The average Bonchev–Trinajstić information content (AvgIpc) is 2.62. The second kappa shape index (κ2) is 7.04. The van der Waals surface area contributed by atoms with Crippen molar-refractivity contribution >= 4 is 17.3 Å². The van der Waals surface area contributed by atoms with E-state index in [2.05, 4.69) is 21.0 Å². The molecule has 2 aromatic rings. The van der Waals surface area contributed by atoms with E-state index >= 15 is 0 Å². The molecule has 0 saturated heterocycles. The van der Waals surface area contributed by atoms with E-state index < -0.39 is 5.78 Å². The fraction of sp³-hybridized carbons (Fsp3) is 0.333. The number of ketones is 2. The molecule has 0 spiro atoms. The van der Waals surface area contributed by atoms with Crippen LogP contribution in [0.5, 0.6) is 11.5 Å². The van der Waals surface area contributed by atoms with E-state index in [1.807, 2.05) is 0 Å². The van der Waals surface area contributed by atoms with Crippen LogP contribution in [-0.2, 0) is 0 Å². The molecule has 3 N–H and O–H groups in total. The molecule has 142 valence electrons. The molecule has 0 aromatic heterocycles. The lowest BCUT2D eigenvalue weighted by Gasteiger charge is -2.29. The van der Waals surface area contributed by atoms with Crippen molar-refractivity contribution in [2.24, 2.45) is 0 Å². The molecule has 2 aromatic carbocycles. The quantitative estimate of drug-likeness (QED) is 0.396. The lowest BCUT2D eigenvalue weighted by molar-refractivity contribution is -0.890. The summed E-state index contributed by atoms with van der Waals surface area (Å²) < 4.78 is 6.56. The number of hydrogen-bond acceptors (Lipinski definition) is 5. The smallest absolute Gasteiger partial charge is 0.198 e. The lowest BCUT2D eigenvalue weighted by atomic mass is 9.82. The van der Waals surface area contributed by atoms with Gasteiger partial charge in [0, 0.05) is 17.2 Å². The minimum absolute atomic E-state index is 0.0241. The number of nitrogens with two attached hydrogens (primary N) is 1. The van der Waals surface area contributed by atoms with Crippen molar-refractivity contribution in [3.8, 4) is 11.5 Å². The maximum Gasteiger partial charge on any atom is 0.198 e. The van der Waals surface area contributed by atoms with E-state index in [-0.39, 0.29) is 39.7 Å². The highest BCUT2D eigenvalue weighted by Gasteiger charge is 2.35. The van der Waals surface area contributed by atoms with Gasteiger partial charge in [-0.15, -0.1) is 0 Å². The van der Waals surface area contributed by atoms with Crippen LogP contribution >= 0.6 is 0 Å².